The molecule has 2 aliphatic rings. The van der Waals surface area contributed by atoms with Crippen LogP contribution in [-0.4, -0.2) is 23.5 Å². The molecule has 1 aliphatic carbocycles. The minimum atomic E-state index is -0.513. The molecular formula is C26H31NO3S. The molecule has 2 aromatic carbocycles. The van der Waals surface area contributed by atoms with E-state index in [1.807, 2.05) is 24.3 Å². The van der Waals surface area contributed by atoms with E-state index in [0.29, 0.717) is 6.42 Å². The van der Waals surface area contributed by atoms with E-state index in [0.717, 1.165) is 47.2 Å². The lowest BCUT2D eigenvalue weighted by Crippen LogP contribution is -2.39. The van der Waals surface area contributed by atoms with Crippen LogP contribution >= 0.6 is 11.8 Å². The van der Waals surface area contributed by atoms with Crippen LogP contribution in [-0.2, 0) is 22.0 Å². The zero-order valence-electron chi connectivity index (χ0n) is 19.2. The Hall–Kier alpha value is -2.27. The molecule has 1 unspecified atom stereocenters. The number of thioether (sulfide) groups is 1. The van der Waals surface area contributed by atoms with Crippen LogP contribution < -0.4 is 9.64 Å². The van der Waals surface area contributed by atoms with E-state index in [4.69, 9.17) is 4.74 Å². The lowest BCUT2D eigenvalue weighted by Gasteiger charge is -2.43. The van der Waals surface area contributed by atoms with E-state index in [2.05, 4.69) is 46.8 Å². The van der Waals surface area contributed by atoms with Crippen molar-refractivity contribution >= 4 is 27.8 Å². The molecule has 1 saturated heterocycles. The van der Waals surface area contributed by atoms with Gasteiger partial charge in [0.1, 0.15) is 11.8 Å². The van der Waals surface area contributed by atoms with E-state index in [-0.39, 0.29) is 21.2 Å². The van der Waals surface area contributed by atoms with Crippen LogP contribution in [0.25, 0.3) is 0 Å². The first-order valence-corrected chi connectivity index (χ1v) is 11.7. The lowest BCUT2D eigenvalue weighted by molar-refractivity contribution is -0.111. The number of amides is 1. The Morgan fingerprint density at radius 1 is 1.03 bits per heavy atom. The monoisotopic (exact) mass is 437 g/mol. The Balaban J connectivity index is 1.78. The van der Waals surface area contributed by atoms with Crippen LogP contribution in [0.2, 0.25) is 0 Å². The molecule has 1 atom stereocenters. The predicted octanol–water partition coefficient (Wildman–Crippen LogP) is 6.16. The number of carbonyl (C=O) groups excluding carboxylic acids is 2. The van der Waals surface area contributed by atoms with Crippen LogP contribution in [0.3, 0.4) is 0 Å². The average molecular weight is 438 g/mol. The van der Waals surface area contributed by atoms with Gasteiger partial charge in [-0.15, -0.1) is 0 Å². The van der Waals surface area contributed by atoms with E-state index >= 15 is 0 Å². The lowest BCUT2D eigenvalue weighted by atomic mass is 9.63. The number of carbonyl (C=O) groups is 2. The number of methoxy groups -OCH3 is 1. The smallest absolute Gasteiger partial charge is 0.294 e. The SMILES string of the molecule is COc1cccc(CC2C(=O)SC(=O)N2c2cc3c(cc2C)C(C)(C)CCC3(C)C)c1. The van der Waals surface area contributed by atoms with Crippen LogP contribution in [0, 0.1) is 6.92 Å². The van der Waals surface area contributed by atoms with E-state index in [1.54, 1.807) is 12.0 Å². The second-order valence-corrected chi connectivity index (χ2v) is 11.0. The highest BCUT2D eigenvalue weighted by molar-refractivity contribution is 8.27. The first-order chi connectivity index (χ1) is 14.5. The molecule has 2 aromatic rings. The fourth-order valence-corrected chi connectivity index (χ4v) is 5.69. The summed E-state index contributed by atoms with van der Waals surface area (Å²) in [5.41, 5.74) is 5.68. The van der Waals surface area contributed by atoms with E-state index in [9.17, 15) is 9.59 Å². The third-order valence-electron chi connectivity index (χ3n) is 6.96. The first-order valence-electron chi connectivity index (χ1n) is 10.9. The van der Waals surface area contributed by atoms with Gasteiger partial charge in [0.2, 0.25) is 5.12 Å². The van der Waals surface area contributed by atoms with Gasteiger partial charge in [0.25, 0.3) is 5.24 Å². The van der Waals surface area contributed by atoms with Crippen LogP contribution in [0.1, 0.15) is 62.8 Å². The van der Waals surface area contributed by atoms with Crippen molar-refractivity contribution in [1.82, 2.24) is 0 Å². The number of aryl methyl sites for hydroxylation is 1. The normalized spacial score (nSPS) is 21.9. The zero-order valence-corrected chi connectivity index (χ0v) is 20.1. The molecule has 1 aliphatic heterocycles. The number of benzene rings is 2. The molecule has 0 spiro atoms. The Labute approximate surface area is 189 Å². The molecule has 0 saturated carbocycles. The molecule has 0 aromatic heterocycles. The summed E-state index contributed by atoms with van der Waals surface area (Å²) in [4.78, 5) is 27.5. The van der Waals surface area contributed by atoms with E-state index in [1.165, 1.54) is 11.1 Å². The molecule has 0 N–H and O–H groups in total. The summed E-state index contributed by atoms with van der Waals surface area (Å²) in [6.45, 7) is 11.2. The number of rotatable bonds is 4. The molecule has 0 bridgehead atoms. The van der Waals surface area contributed by atoms with Gasteiger partial charge in [-0.2, -0.15) is 0 Å². The summed E-state index contributed by atoms with van der Waals surface area (Å²) < 4.78 is 5.33. The fraction of sp³-hybridized carbons (Fsp3) is 0.462. The van der Waals surface area contributed by atoms with Gasteiger partial charge in [-0.25, -0.2) is 0 Å². The Morgan fingerprint density at radius 2 is 1.68 bits per heavy atom. The molecule has 0 radical (unpaired) electrons. The zero-order chi connectivity index (χ0) is 22.6. The van der Waals surface area contributed by atoms with Crippen LogP contribution in [0.5, 0.6) is 5.75 Å². The van der Waals surface area contributed by atoms with Gasteiger partial charge in [-0.3, -0.25) is 14.5 Å². The van der Waals surface area contributed by atoms with Crippen molar-refractivity contribution in [2.45, 2.75) is 70.8 Å². The third kappa shape index (κ3) is 3.89. The van der Waals surface area contributed by atoms with E-state index < -0.39 is 6.04 Å². The highest BCUT2D eigenvalue weighted by atomic mass is 32.2. The molecule has 1 amide bonds. The summed E-state index contributed by atoms with van der Waals surface area (Å²) in [5, 5.41) is -0.279. The third-order valence-corrected chi connectivity index (χ3v) is 7.81. The maximum absolute atomic E-state index is 13.0. The molecule has 5 heteroatoms. The molecule has 164 valence electrons. The van der Waals surface area contributed by atoms with Crippen molar-refractivity contribution in [3.8, 4) is 5.75 Å². The molecule has 4 nitrogen and oxygen atoms in total. The molecule has 1 fully saturated rings. The second kappa shape index (κ2) is 7.70. The van der Waals surface area contributed by atoms with Crippen molar-refractivity contribution in [3.05, 3.63) is 58.7 Å². The largest absolute Gasteiger partial charge is 0.497 e. The highest BCUT2D eigenvalue weighted by Gasteiger charge is 2.43. The standard InChI is InChI=1S/C26H31NO3S/c1-16-12-19-20(26(4,5)11-10-25(19,2)3)15-21(16)27-22(23(28)31-24(27)29)14-17-8-7-9-18(13-17)30-6/h7-9,12-13,15,22H,10-11,14H2,1-6H3. The molecule has 4 rings (SSSR count). The van der Waals surface area contributed by atoms with Crippen LogP contribution in [0.4, 0.5) is 10.5 Å². The number of nitrogens with zero attached hydrogens (tertiary/aromatic N) is 1. The summed E-state index contributed by atoms with van der Waals surface area (Å²) in [5.74, 6) is 0.752. The maximum Gasteiger partial charge on any atom is 0.294 e. The van der Waals surface area contributed by atoms with Crippen molar-refractivity contribution in [2.75, 3.05) is 12.0 Å². The van der Waals surface area contributed by atoms with Gasteiger partial charge in [0.05, 0.1) is 7.11 Å². The fourth-order valence-electron chi connectivity index (χ4n) is 4.87. The predicted molar refractivity (Wildman–Crippen MR) is 127 cm³/mol. The minimum Gasteiger partial charge on any atom is -0.497 e. The van der Waals surface area contributed by atoms with Crippen molar-refractivity contribution in [1.29, 1.82) is 0 Å². The minimum absolute atomic E-state index is 0.0372. The van der Waals surface area contributed by atoms with Crippen molar-refractivity contribution in [2.24, 2.45) is 0 Å². The number of fused-ring (bicyclic) bond motifs is 1. The summed E-state index contributed by atoms with van der Waals surface area (Å²) in [6.07, 6.45) is 2.71. The first kappa shape index (κ1) is 21.9. The Bertz CT molecular complexity index is 1060. The summed E-state index contributed by atoms with van der Waals surface area (Å²) in [7, 11) is 1.63. The summed E-state index contributed by atoms with van der Waals surface area (Å²) in [6, 6.07) is 11.6. The Morgan fingerprint density at radius 3 is 2.32 bits per heavy atom. The Kier molecular flexibility index (Phi) is 5.45. The highest BCUT2D eigenvalue weighted by Crippen LogP contribution is 2.48. The molecule has 1 heterocycles. The number of hydrogen-bond donors (Lipinski definition) is 0. The van der Waals surface area contributed by atoms with Crippen LogP contribution in [0.15, 0.2) is 36.4 Å². The summed E-state index contributed by atoms with van der Waals surface area (Å²) >= 11 is 0.823. The topological polar surface area (TPSA) is 46.6 Å². The van der Waals surface area contributed by atoms with Gasteiger partial charge in [-0.1, -0.05) is 45.9 Å². The number of ether oxygens (including phenoxy) is 1. The second-order valence-electron chi connectivity index (χ2n) is 10.1. The average Bonchev–Trinajstić information content (AvgIpc) is 2.98. The van der Waals surface area contributed by atoms with Crippen molar-refractivity contribution in [3.63, 3.8) is 0 Å². The quantitative estimate of drug-likeness (QED) is 0.574. The number of anilines is 1. The van der Waals surface area contributed by atoms with Crippen molar-refractivity contribution < 1.29 is 14.3 Å². The van der Waals surface area contributed by atoms with Gasteiger partial charge in [-0.05, 0) is 71.0 Å². The van der Waals surface area contributed by atoms with Gasteiger partial charge < -0.3 is 4.74 Å². The van der Waals surface area contributed by atoms with Gasteiger partial charge >= 0.3 is 0 Å². The molecule has 31 heavy (non-hydrogen) atoms. The number of hydrogen-bond acceptors (Lipinski definition) is 4. The maximum atomic E-state index is 13.0. The van der Waals surface area contributed by atoms with Gasteiger partial charge in [0, 0.05) is 23.9 Å². The van der Waals surface area contributed by atoms with Gasteiger partial charge in [0.15, 0.2) is 0 Å². The molecular weight excluding hydrogens is 406 g/mol.